The number of nitrogens with one attached hydrogen (secondary N) is 2. The maximum Gasteiger partial charge on any atom is 0.246 e. The van der Waals surface area contributed by atoms with Crippen LogP contribution in [0.5, 0.6) is 11.5 Å². The van der Waals surface area contributed by atoms with Crippen LogP contribution in [0.1, 0.15) is 33.6 Å². The van der Waals surface area contributed by atoms with E-state index >= 15 is 0 Å². The first-order valence-corrected chi connectivity index (χ1v) is 7.49. The van der Waals surface area contributed by atoms with Crippen molar-refractivity contribution in [2.24, 2.45) is 5.92 Å². The molecular formula is C16H22N2O3. The van der Waals surface area contributed by atoms with Crippen molar-refractivity contribution >= 4 is 11.6 Å². The summed E-state index contributed by atoms with van der Waals surface area (Å²) >= 11 is 0. The van der Waals surface area contributed by atoms with Crippen LogP contribution in [0.25, 0.3) is 0 Å². The maximum absolute atomic E-state index is 12.3. The van der Waals surface area contributed by atoms with Gasteiger partial charge in [-0.25, -0.2) is 0 Å². The molecule has 0 saturated carbocycles. The van der Waals surface area contributed by atoms with E-state index in [0.717, 1.165) is 25.1 Å². The van der Waals surface area contributed by atoms with Crippen molar-refractivity contribution in [2.75, 3.05) is 11.9 Å². The van der Waals surface area contributed by atoms with Gasteiger partial charge in [0.25, 0.3) is 0 Å². The molecule has 2 aliphatic heterocycles. The SMILES string of the molecule is C[C@H]1C[C@@H](C(=O)Nc2ccc3c(c2)OC(C)(C)O3)CCN1. The van der Waals surface area contributed by atoms with Crippen LogP contribution < -0.4 is 20.1 Å². The third-order valence-electron chi connectivity index (χ3n) is 3.92. The fourth-order valence-electron chi connectivity index (χ4n) is 2.91. The zero-order chi connectivity index (χ0) is 15.0. The van der Waals surface area contributed by atoms with Crippen molar-refractivity contribution in [3.05, 3.63) is 18.2 Å². The monoisotopic (exact) mass is 290 g/mol. The average molecular weight is 290 g/mol. The first-order valence-electron chi connectivity index (χ1n) is 7.49. The highest BCUT2D eigenvalue weighted by atomic mass is 16.7. The van der Waals surface area contributed by atoms with Crippen LogP contribution in [0, 0.1) is 5.92 Å². The molecule has 0 aromatic heterocycles. The summed E-state index contributed by atoms with van der Waals surface area (Å²) in [7, 11) is 0. The van der Waals surface area contributed by atoms with Crippen LogP contribution in [-0.2, 0) is 4.79 Å². The normalized spacial score (nSPS) is 26.4. The summed E-state index contributed by atoms with van der Waals surface area (Å²) in [6, 6.07) is 5.91. The highest BCUT2D eigenvalue weighted by molar-refractivity contribution is 5.93. The molecule has 3 rings (SSSR count). The number of benzene rings is 1. The van der Waals surface area contributed by atoms with Gasteiger partial charge in [-0.1, -0.05) is 0 Å². The Morgan fingerprint density at radius 3 is 2.86 bits per heavy atom. The van der Waals surface area contributed by atoms with Gasteiger partial charge in [0, 0.05) is 37.6 Å². The lowest BCUT2D eigenvalue weighted by atomic mass is 9.92. The summed E-state index contributed by atoms with van der Waals surface area (Å²) in [6.07, 6.45) is 1.76. The Balaban J connectivity index is 1.67. The van der Waals surface area contributed by atoms with Gasteiger partial charge in [0.1, 0.15) is 0 Å². The Morgan fingerprint density at radius 1 is 1.33 bits per heavy atom. The number of ether oxygens (including phenoxy) is 2. The minimum absolute atomic E-state index is 0.0723. The molecule has 0 unspecified atom stereocenters. The first-order chi connectivity index (χ1) is 9.93. The maximum atomic E-state index is 12.3. The molecule has 2 N–H and O–H groups in total. The smallest absolute Gasteiger partial charge is 0.246 e. The van der Waals surface area contributed by atoms with Gasteiger partial charge in [-0.05, 0) is 38.4 Å². The molecule has 1 fully saturated rings. The van der Waals surface area contributed by atoms with Crippen molar-refractivity contribution in [3.63, 3.8) is 0 Å². The molecule has 0 aliphatic carbocycles. The molecule has 1 saturated heterocycles. The van der Waals surface area contributed by atoms with E-state index < -0.39 is 5.79 Å². The van der Waals surface area contributed by atoms with Crippen LogP contribution in [-0.4, -0.2) is 24.3 Å². The van der Waals surface area contributed by atoms with E-state index in [4.69, 9.17) is 9.47 Å². The minimum atomic E-state index is -0.643. The molecular weight excluding hydrogens is 268 g/mol. The van der Waals surface area contributed by atoms with Crippen LogP contribution in [0.15, 0.2) is 18.2 Å². The number of fused-ring (bicyclic) bond motifs is 1. The third-order valence-corrected chi connectivity index (χ3v) is 3.92. The van der Waals surface area contributed by atoms with Crippen molar-refractivity contribution in [1.82, 2.24) is 5.32 Å². The van der Waals surface area contributed by atoms with E-state index in [1.165, 1.54) is 0 Å². The molecule has 2 atom stereocenters. The van der Waals surface area contributed by atoms with Crippen LogP contribution >= 0.6 is 0 Å². The Labute approximate surface area is 125 Å². The van der Waals surface area contributed by atoms with Crippen LogP contribution in [0.4, 0.5) is 5.69 Å². The summed E-state index contributed by atoms with van der Waals surface area (Å²) in [5.41, 5.74) is 0.756. The summed E-state index contributed by atoms with van der Waals surface area (Å²) in [6.45, 7) is 6.74. The quantitative estimate of drug-likeness (QED) is 0.878. The van der Waals surface area contributed by atoms with E-state index in [-0.39, 0.29) is 11.8 Å². The van der Waals surface area contributed by atoms with Gasteiger partial charge >= 0.3 is 0 Å². The standard InChI is InChI=1S/C16H22N2O3/c1-10-8-11(6-7-17-10)15(19)18-12-4-5-13-14(9-12)21-16(2,3)20-13/h4-5,9-11,17H,6-8H2,1-3H3,(H,18,19)/t10-,11-/m0/s1. The molecule has 0 radical (unpaired) electrons. The molecule has 21 heavy (non-hydrogen) atoms. The molecule has 114 valence electrons. The van der Waals surface area contributed by atoms with E-state index in [9.17, 15) is 4.79 Å². The number of amides is 1. The highest BCUT2D eigenvalue weighted by Crippen LogP contribution is 2.40. The van der Waals surface area contributed by atoms with Crippen molar-refractivity contribution in [1.29, 1.82) is 0 Å². The highest BCUT2D eigenvalue weighted by Gasteiger charge is 2.32. The van der Waals surface area contributed by atoms with Crippen molar-refractivity contribution in [2.45, 2.75) is 45.4 Å². The lowest BCUT2D eigenvalue weighted by Crippen LogP contribution is -2.40. The molecule has 1 amide bonds. The summed E-state index contributed by atoms with van der Waals surface area (Å²) < 4.78 is 11.3. The number of piperidine rings is 1. The fourth-order valence-corrected chi connectivity index (χ4v) is 2.91. The van der Waals surface area contributed by atoms with E-state index in [0.29, 0.717) is 17.5 Å². The minimum Gasteiger partial charge on any atom is -0.449 e. The van der Waals surface area contributed by atoms with E-state index in [1.807, 2.05) is 32.0 Å². The summed E-state index contributed by atoms with van der Waals surface area (Å²) in [4.78, 5) is 12.3. The number of anilines is 1. The third kappa shape index (κ3) is 3.13. The molecule has 2 heterocycles. The molecule has 1 aromatic rings. The molecule has 0 spiro atoms. The lowest BCUT2D eigenvalue weighted by Gasteiger charge is -2.27. The first kappa shape index (κ1) is 14.2. The van der Waals surface area contributed by atoms with Crippen LogP contribution in [0.2, 0.25) is 0 Å². The second-order valence-corrected chi connectivity index (χ2v) is 6.33. The average Bonchev–Trinajstić information content (AvgIpc) is 2.72. The number of hydrogen-bond acceptors (Lipinski definition) is 4. The van der Waals surface area contributed by atoms with Gasteiger partial charge in [-0.2, -0.15) is 0 Å². The Morgan fingerprint density at radius 2 is 2.10 bits per heavy atom. The Bertz CT molecular complexity index is 556. The van der Waals surface area contributed by atoms with Gasteiger partial charge in [0.15, 0.2) is 11.5 Å². The molecule has 2 aliphatic rings. The second kappa shape index (κ2) is 5.22. The van der Waals surface area contributed by atoms with Gasteiger partial charge in [0.05, 0.1) is 0 Å². The lowest BCUT2D eigenvalue weighted by molar-refractivity contribution is -0.120. The fraction of sp³-hybridized carbons (Fsp3) is 0.562. The summed E-state index contributed by atoms with van der Waals surface area (Å²) in [5, 5.41) is 6.34. The topological polar surface area (TPSA) is 59.6 Å². The van der Waals surface area contributed by atoms with Gasteiger partial charge in [-0.15, -0.1) is 0 Å². The molecule has 5 nitrogen and oxygen atoms in total. The van der Waals surface area contributed by atoms with Crippen LogP contribution in [0.3, 0.4) is 0 Å². The second-order valence-electron chi connectivity index (χ2n) is 6.33. The van der Waals surface area contributed by atoms with Gasteiger partial charge in [0.2, 0.25) is 11.7 Å². The largest absolute Gasteiger partial charge is 0.449 e. The van der Waals surface area contributed by atoms with Gasteiger partial charge in [-0.3, -0.25) is 4.79 Å². The molecule has 5 heteroatoms. The summed E-state index contributed by atoms with van der Waals surface area (Å²) in [5.74, 6) is 0.907. The van der Waals surface area contributed by atoms with Crippen molar-refractivity contribution in [3.8, 4) is 11.5 Å². The van der Waals surface area contributed by atoms with Gasteiger partial charge < -0.3 is 20.1 Å². The predicted octanol–water partition coefficient (Wildman–Crippen LogP) is 2.52. The number of rotatable bonds is 2. The Kier molecular flexibility index (Phi) is 3.53. The number of carbonyl (C=O) groups excluding carboxylic acids is 1. The predicted molar refractivity (Wildman–Crippen MR) is 80.6 cm³/mol. The Hall–Kier alpha value is -1.75. The molecule has 0 bridgehead atoms. The van der Waals surface area contributed by atoms with E-state index in [1.54, 1.807) is 0 Å². The van der Waals surface area contributed by atoms with Crippen molar-refractivity contribution < 1.29 is 14.3 Å². The van der Waals surface area contributed by atoms with E-state index in [2.05, 4.69) is 17.6 Å². The zero-order valence-corrected chi connectivity index (χ0v) is 12.7. The number of carbonyl (C=O) groups is 1. The zero-order valence-electron chi connectivity index (χ0n) is 12.7. The molecule has 1 aromatic carbocycles. The number of hydrogen-bond donors (Lipinski definition) is 2.